The lowest BCUT2D eigenvalue weighted by atomic mass is 10.2. The van der Waals surface area contributed by atoms with Crippen molar-refractivity contribution in [2.45, 2.75) is 20.1 Å². The van der Waals surface area contributed by atoms with E-state index in [2.05, 4.69) is 29.1 Å². The van der Waals surface area contributed by atoms with E-state index in [1.807, 2.05) is 27.7 Å². The Kier molecular flexibility index (Phi) is 4.97. The van der Waals surface area contributed by atoms with E-state index in [1.54, 1.807) is 7.11 Å². The number of ether oxygens (including phenoxy) is 1. The third-order valence-electron chi connectivity index (χ3n) is 4.42. The molecule has 1 N–H and O–H groups in total. The van der Waals surface area contributed by atoms with Crippen molar-refractivity contribution in [1.82, 2.24) is 14.3 Å². The molecule has 124 valence electrons. The molecule has 0 radical (unpaired) electrons. The van der Waals surface area contributed by atoms with Gasteiger partial charge in [-0.25, -0.2) is 0 Å². The molecule has 1 aromatic carbocycles. The predicted molar refractivity (Wildman–Crippen MR) is 92.6 cm³/mol. The summed E-state index contributed by atoms with van der Waals surface area (Å²) in [4.78, 5) is 3.94. The van der Waals surface area contributed by atoms with Crippen molar-refractivity contribution in [3.8, 4) is 5.75 Å². The van der Waals surface area contributed by atoms with E-state index >= 15 is 0 Å². The van der Waals surface area contributed by atoms with Crippen LogP contribution in [0, 0.1) is 4.77 Å². The fraction of sp³-hybridized carbons (Fsp3) is 0.500. The first-order chi connectivity index (χ1) is 11.2. The van der Waals surface area contributed by atoms with Gasteiger partial charge >= 0.3 is 0 Å². The average Bonchev–Trinajstić information content (AvgIpc) is 2.96. The number of anilines is 1. The van der Waals surface area contributed by atoms with E-state index < -0.39 is 0 Å². The van der Waals surface area contributed by atoms with Crippen LogP contribution in [0.4, 0.5) is 5.69 Å². The number of aryl methyl sites for hydroxylation is 1. The lowest BCUT2D eigenvalue weighted by Crippen LogP contribution is -3.14. The lowest BCUT2D eigenvalue weighted by molar-refractivity contribution is -0.924. The van der Waals surface area contributed by atoms with Crippen molar-refractivity contribution in [1.29, 1.82) is 0 Å². The minimum absolute atomic E-state index is 0.817. The van der Waals surface area contributed by atoms with E-state index in [4.69, 9.17) is 17.0 Å². The summed E-state index contributed by atoms with van der Waals surface area (Å²) in [6.45, 7) is 8.08. The highest BCUT2D eigenvalue weighted by Gasteiger charge is 2.21. The van der Waals surface area contributed by atoms with Crippen molar-refractivity contribution in [3.63, 3.8) is 0 Å². The van der Waals surface area contributed by atoms with Crippen LogP contribution in [0.2, 0.25) is 0 Å². The summed E-state index contributed by atoms with van der Waals surface area (Å²) >= 11 is 5.44. The molecule has 0 bridgehead atoms. The van der Waals surface area contributed by atoms with Crippen molar-refractivity contribution >= 4 is 17.9 Å². The van der Waals surface area contributed by atoms with Gasteiger partial charge in [0.15, 0.2) is 6.67 Å². The summed E-state index contributed by atoms with van der Waals surface area (Å²) in [6.07, 6.45) is 1.83. The molecule has 0 atom stereocenters. The Bertz CT molecular complexity index is 685. The molecule has 0 spiro atoms. The molecule has 1 fully saturated rings. The van der Waals surface area contributed by atoms with Crippen LogP contribution in [-0.2, 0) is 13.2 Å². The Labute approximate surface area is 141 Å². The molecule has 2 heterocycles. The molecule has 3 rings (SSSR count). The second-order valence-electron chi connectivity index (χ2n) is 5.79. The van der Waals surface area contributed by atoms with E-state index in [1.165, 1.54) is 10.6 Å². The van der Waals surface area contributed by atoms with Crippen LogP contribution in [0.25, 0.3) is 0 Å². The van der Waals surface area contributed by atoms with Crippen LogP contribution in [0.3, 0.4) is 0 Å². The number of hydrogen-bond acceptors (Lipinski definition) is 4. The number of hydrogen-bond donors (Lipinski definition) is 1. The van der Waals surface area contributed by atoms with Crippen LogP contribution in [0.1, 0.15) is 6.92 Å². The highest BCUT2D eigenvalue weighted by molar-refractivity contribution is 7.71. The van der Waals surface area contributed by atoms with Gasteiger partial charge in [-0.1, -0.05) is 0 Å². The van der Waals surface area contributed by atoms with Crippen molar-refractivity contribution in [3.05, 3.63) is 35.4 Å². The summed E-state index contributed by atoms with van der Waals surface area (Å²) in [5.41, 5.74) is 1.26. The second-order valence-corrected chi connectivity index (χ2v) is 6.16. The largest absolute Gasteiger partial charge is 0.497 e. The number of nitrogens with one attached hydrogen (secondary N) is 1. The minimum Gasteiger partial charge on any atom is -0.497 e. The summed E-state index contributed by atoms with van der Waals surface area (Å²) < 4.78 is 9.98. The highest BCUT2D eigenvalue weighted by atomic mass is 32.1. The fourth-order valence-corrected chi connectivity index (χ4v) is 3.23. The van der Waals surface area contributed by atoms with Crippen molar-refractivity contribution < 1.29 is 9.64 Å². The number of piperazine rings is 1. The molecule has 0 amide bonds. The summed E-state index contributed by atoms with van der Waals surface area (Å²) in [5.74, 6) is 0.902. The number of rotatable bonds is 5. The maximum Gasteiger partial charge on any atom is 0.202 e. The van der Waals surface area contributed by atoms with Crippen molar-refractivity contribution in [2.75, 3.05) is 38.2 Å². The standard InChI is InChI=1S/C16H23N5OS/c1-3-19-12-17-21(16(19)23)13-18-8-10-20(11-9-18)14-4-6-15(22-2)7-5-14/h4-7,12H,3,8-11,13H2,1-2H3/p+1. The predicted octanol–water partition coefficient (Wildman–Crippen LogP) is 0.805. The third kappa shape index (κ3) is 3.56. The van der Waals surface area contributed by atoms with Crippen LogP contribution in [-0.4, -0.2) is 47.6 Å². The maximum absolute atomic E-state index is 5.44. The van der Waals surface area contributed by atoms with Gasteiger partial charge in [0.2, 0.25) is 4.77 Å². The smallest absolute Gasteiger partial charge is 0.202 e. The molecule has 1 aliphatic heterocycles. The molecule has 7 heteroatoms. The summed E-state index contributed by atoms with van der Waals surface area (Å²) in [5, 5.41) is 4.40. The Morgan fingerprint density at radius 2 is 1.91 bits per heavy atom. The normalized spacial score (nSPS) is 15.8. The van der Waals surface area contributed by atoms with Gasteiger partial charge in [-0.3, -0.25) is 0 Å². The Hall–Kier alpha value is -1.86. The van der Waals surface area contributed by atoms with E-state index in [9.17, 15) is 0 Å². The quantitative estimate of drug-likeness (QED) is 0.822. The van der Waals surface area contributed by atoms with Crippen LogP contribution in [0.15, 0.2) is 30.6 Å². The molecule has 2 aromatic rings. The molecule has 1 aromatic heterocycles. The molecule has 1 saturated heterocycles. The van der Waals surface area contributed by atoms with Crippen molar-refractivity contribution in [2.24, 2.45) is 0 Å². The van der Waals surface area contributed by atoms with Gasteiger partial charge in [0.25, 0.3) is 0 Å². The Balaban J connectivity index is 1.57. The number of nitrogens with zero attached hydrogens (tertiary/aromatic N) is 4. The second kappa shape index (κ2) is 7.14. The molecule has 0 unspecified atom stereocenters. The van der Waals surface area contributed by atoms with Gasteiger partial charge in [0.1, 0.15) is 12.1 Å². The lowest BCUT2D eigenvalue weighted by Gasteiger charge is -2.33. The maximum atomic E-state index is 5.44. The van der Waals surface area contributed by atoms with E-state index in [-0.39, 0.29) is 0 Å². The van der Waals surface area contributed by atoms with E-state index in [0.29, 0.717) is 0 Å². The van der Waals surface area contributed by atoms with Gasteiger partial charge in [0, 0.05) is 12.2 Å². The van der Waals surface area contributed by atoms with Crippen LogP contribution in [0.5, 0.6) is 5.75 Å². The van der Waals surface area contributed by atoms with Crippen LogP contribution >= 0.6 is 12.2 Å². The summed E-state index contributed by atoms with van der Waals surface area (Å²) in [7, 11) is 1.70. The summed E-state index contributed by atoms with van der Waals surface area (Å²) in [6, 6.07) is 8.29. The molecular formula is C16H24N5OS+. The van der Waals surface area contributed by atoms with Gasteiger partial charge in [-0.05, 0) is 43.4 Å². The molecular weight excluding hydrogens is 310 g/mol. The monoisotopic (exact) mass is 334 g/mol. The zero-order valence-electron chi connectivity index (χ0n) is 13.7. The zero-order valence-corrected chi connectivity index (χ0v) is 14.6. The molecule has 1 aliphatic rings. The third-order valence-corrected chi connectivity index (χ3v) is 4.86. The van der Waals surface area contributed by atoms with Crippen LogP contribution < -0.4 is 14.5 Å². The van der Waals surface area contributed by atoms with E-state index in [0.717, 1.165) is 49.9 Å². The average molecular weight is 334 g/mol. The first-order valence-electron chi connectivity index (χ1n) is 8.06. The fourth-order valence-electron chi connectivity index (χ4n) is 2.94. The number of benzene rings is 1. The Morgan fingerprint density at radius 3 is 2.48 bits per heavy atom. The topological polar surface area (TPSA) is 39.7 Å². The van der Waals surface area contributed by atoms with Gasteiger partial charge in [-0.15, -0.1) is 0 Å². The highest BCUT2D eigenvalue weighted by Crippen LogP contribution is 2.18. The number of aromatic nitrogens is 3. The SMILES string of the molecule is CCn1cnn(C[NH+]2CCN(c3ccc(OC)cc3)CC2)c1=S. The number of methoxy groups -OCH3 is 1. The molecule has 0 aliphatic carbocycles. The first kappa shape index (κ1) is 16.0. The number of quaternary nitrogens is 1. The van der Waals surface area contributed by atoms with Gasteiger partial charge in [-0.2, -0.15) is 9.78 Å². The Morgan fingerprint density at radius 1 is 1.22 bits per heavy atom. The molecule has 6 nitrogen and oxygen atoms in total. The first-order valence-corrected chi connectivity index (χ1v) is 8.47. The minimum atomic E-state index is 0.817. The van der Waals surface area contributed by atoms with Gasteiger partial charge < -0.3 is 19.1 Å². The molecule has 23 heavy (non-hydrogen) atoms. The van der Waals surface area contributed by atoms with Gasteiger partial charge in [0.05, 0.1) is 33.3 Å². The molecule has 0 saturated carbocycles. The zero-order chi connectivity index (χ0) is 16.2.